The Morgan fingerprint density at radius 3 is 1.81 bits per heavy atom. The molecule has 0 aliphatic heterocycles. The minimum Gasteiger partial charge on any atom is -0.468 e. The first-order chi connectivity index (χ1) is 15.1. The second-order valence-electron chi connectivity index (χ2n) is 7.86. The van der Waals surface area contributed by atoms with E-state index in [1.165, 1.54) is 7.11 Å². The lowest BCUT2D eigenvalue weighted by Crippen LogP contribution is -2.31. The minimum atomic E-state index is -0.835. The molecule has 158 valence electrons. The zero-order chi connectivity index (χ0) is 21.5. The van der Waals surface area contributed by atoms with Crippen molar-refractivity contribution in [3.63, 3.8) is 0 Å². The van der Waals surface area contributed by atoms with Gasteiger partial charge in [0.1, 0.15) is 11.8 Å². The number of rotatable bonds is 3. The highest BCUT2D eigenvalue weighted by Crippen LogP contribution is 2.43. The molecule has 0 spiro atoms. The van der Waals surface area contributed by atoms with Crippen LogP contribution in [0.25, 0.3) is 21.8 Å². The van der Waals surface area contributed by atoms with Gasteiger partial charge in [0, 0.05) is 33.2 Å². The van der Waals surface area contributed by atoms with Gasteiger partial charge in [-0.25, -0.2) is 0 Å². The first-order valence-electron chi connectivity index (χ1n) is 10.6. The molecule has 0 saturated heterocycles. The number of fused-ring (bicyclic) bond motifs is 6. The lowest BCUT2D eigenvalue weighted by molar-refractivity contribution is -0.152. The lowest BCUT2D eigenvalue weighted by Gasteiger charge is -2.26. The first-order valence-corrected chi connectivity index (χ1v) is 10.6. The van der Waals surface area contributed by atoms with Crippen molar-refractivity contribution >= 4 is 33.7 Å². The summed E-state index contributed by atoms with van der Waals surface area (Å²) in [5, 5.41) is 2.14. The second kappa shape index (κ2) is 7.61. The molecule has 2 unspecified atom stereocenters. The maximum atomic E-state index is 13.3. The highest BCUT2D eigenvalue weighted by molar-refractivity contribution is 5.96. The number of hydrogen-bond acceptors (Lipinski definition) is 4. The Balaban J connectivity index is 1.82. The van der Waals surface area contributed by atoms with E-state index >= 15 is 0 Å². The molecule has 1 aliphatic carbocycles. The third-order valence-electron chi connectivity index (χ3n) is 6.27. The summed E-state index contributed by atoms with van der Waals surface area (Å²) >= 11 is 0. The molecule has 4 aromatic rings. The number of esters is 2. The van der Waals surface area contributed by atoms with Gasteiger partial charge in [0.15, 0.2) is 0 Å². The van der Waals surface area contributed by atoms with E-state index in [0.29, 0.717) is 0 Å². The summed E-state index contributed by atoms with van der Waals surface area (Å²) in [7, 11) is 1.36. The number of hydrogen-bond donors (Lipinski definition) is 2. The van der Waals surface area contributed by atoms with E-state index in [4.69, 9.17) is 9.47 Å². The van der Waals surface area contributed by atoms with Gasteiger partial charge in [-0.1, -0.05) is 36.4 Å². The van der Waals surface area contributed by atoms with E-state index < -0.39 is 23.8 Å². The van der Waals surface area contributed by atoms with Crippen LogP contribution in [-0.4, -0.2) is 35.6 Å². The first kappa shape index (κ1) is 19.4. The fraction of sp³-hybridized carbons (Fsp3) is 0.280. The van der Waals surface area contributed by atoms with Crippen LogP contribution in [0.4, 0.5) is 0 Å². The molecule has 0 saturated carbocycles. The topological polar surface area (TPSA) is 84.2 Å². The number of aryl methyl sites for hydroxylation is 2. The Morgan fingerprint density at radius 1 is 0.839 bits per heavy atom. The van der Waals surface area contributed by atoms with Gasteiger partial charge in [0.25, 0.3) is 0 Å². The van der Waals surface area contributed by atoms with Gasteiger partial charge in [-0.05, 0) is 43.0 Å². The molecule has 2 aromatic heterocycles. The number of methoxy groups -OCH3 is 1. The van der Waals surface area contributed by atoms with Crippen molar-refractivity contribution in [2.45, 2.75) is 31.6 Å². The predicted octanol–water partition coefficient (Wildman–Crippen LogP) is 4.35. The molecule has 0 fully saturated rings. The van der Waals surface area contributed by atoms with E-state index in [1.807, 2.05) is 36.4 Å². The minimum absolute atomic E-state index is 0.234. The normalized spacial score (nSPS) is 18.1. The van der Waals surface area contributed by atoms with Gasteiger partial charge in [-0.2, -0.15) is 0 Å². The molecule has 0 bridgehead atoms. The average Bonchev–Trinajstić information content (AvgIpc) is 3.31. The van der Waals surface area contributed by atoms with E-state index in [-0.39, 0.29) is 6.61 Å². The third kappa shape index (κ3) is 3.02. The van der Waals surface area contributed by atoms with E-state index in [0.717, 1.165) is 57.2 Å². The van der Waals surface area contributed by atoms with Crippen LogP contribution in [0.2, 0.25) is 0 Å². The average molecular weight is 416 g/mol. The predicted molar refractivity (Wildman–Crippen MR) is 118 cm³/mol. The Hall–Kier alpha value is -3.54. The molecule has 2 heterocycles. The molecule has 0 amide bonds. The Labute approximate surface area is 179 Å². The van der Waals surface area contributed by atoms with Crippen LogP contribution in [0.15, 0.2) is 48.5 Å². The fourth-order valence-corrected chi connectivity index (χ4v) is 4.96. The largest absolute Gasteiger partial charge is 0.468 e. The number of benzene rings is 2. The van der Waals surface area contributed by atoms with Crippen LogP contribution in [0.5, 0.6) is 0 Å². The summed E-state index contributed by atoms with van der Waals surface area (Å²) in [4.78, 5) is 33.3. The van der Waals surface area contributed by atoms with Crippen molar-refractivity contribution in [2.75, 3.05) is 13.7 Å². The maximum absolute atomic E-state index is 13.3. The van der Waals surface area contributed by atoms with Crippen molar-refractivity contribution in [2.24, 2.45) is 0 Å². The number of carbonyl (C=O) groups excluding carboxylic acids is 2. The van der Waals surface area contributed by atoms with E-state index in [2.05, 4.69) is 22.1 Å². The highest BCUT2D eigenvalue weighted by Gasteiger charge is 2.44. The number of aromatic amines is 2. The van der Waals surface area contributed by atoms with Crippen LogP contribution in [0.3, 0.4) is 0 Å². The molecule has 5 rings (SSSR count). The standard InChI is InChI=1S/C25H24N2O4/c1-3-31-25(29)21-20(24(28)30-2)22-16(14-8-4-6-10-18(14)26-22)12-13-17-15-9-5-7-11-19(15)27-23(17)21/h4-11,20-21,26-27H,3,12-13H2,1-2H3. The van der Waals surface area contributed by atoms with E-state index in [1.54, 1.807) is 6.92 Å². The SMILES string of the molecule is CCOC(=O)C1c2[nH]c3ccccc3c2CCc2c([nH]c3ccccc23)C1C(=O)OC. The smallest absolute Gasteiger partial charge is 0.316 e. The van der Waals surface area contributed by atoms with Gasteiger partial charge in [0.05, 0.1) is 13.7 Å². The molecular formula is C25H24N2O4. The molecule has 0 radical (unpaired) electrons. The Kier molecular flexibility index (Phi) is 4.77. The summed E-state index contributed by atoms with van der Waals surface area (Å²) < 4.78 is 10.7. The van der Waals surface area contributed by atoms with Crippen molar-refractivity contribution < 1.29 is 19.1 Å². The number of ether oxygens (including phenoxy) is 2. The van der Waals surface area contributed by atoms with Crippen LogP contribution < -0.4 is 0 Å². The van der Waals surface area contributed by atoms with Gasteiger partial charge in [0.2, 0.25) is 0 Å². The monoisotopic (exact) mass is 416 g/mol. The van der Waals surface area contributed by atoms with Gasteiger partial charge in [-0.15, -0.1) is 0 Å². The van der Waals surface area contributed by atoms with Gasteiger partial charge < -0.3 is 19.4 Å². The van der Waals surface area contributed by atoms with E-state index in [9.17, 15) is 9.59 Å². The fourth-order valence-electron chi connectivity index (χ4n) is 4.96. The number of H-pyrrole nitrogens is 2. The summed E-state index contributed by atoms with van der Waals surface area (Å²) in [6.07, 6.45) is 1.50. The van der Waals surface area contributed by atoms with Crippen LogP contribution >= 0.6 is 0 Å². The number of para-hydroxylation sites is 2. The summed E-state index contributed by atoms with van der Waals surface area (Å²) in [6.45, 7) is 2.01. The van der Waals surface area contributed by atoms with Gasteiger partial charge in [-0.3, -0.25) is 9.59 Å². The molecule has 6 nitrogen and oxygen atoms in total. The van der Waals surface area contributed by atoms with Crippen LogP contribution in [0.1, 0.15) is 41.3 Å². The number of aromatic nitrogens is 2. The van der Waals surface area contributed by atoms with Crippen LogP contribution in [-0.2, 0) is 31.9 Å². The summed E-state index contributed by atoms with van der Waals surface area (Å²) in [5.74, 6) is -2.56. The molecule has 6 heteroatoms. The zero-order valence-electron chi connectivity index (χ0n) is 17.5. The van der Waals surface area contributed by atoms with Crippen molar-refractivity contribution in [1.82, 2.24) is 9.97 Å². The molecule has 1 aliphatic rings. The zero-order valence-corrected chi connectivity index (χ0v) is 17.5. The van der Waals surface area contributed by atoms with Gasteiger partial charge >= 0.3 is 11.9 Å². The molecule has 2 aromatic carbocycles. The second-order valence-corrected chi connectivity index (χ2v) is 7.86. The molecule has 31 heavy (non-hydrogen) atoms. The quantitative estimate of drug-likeness (QED) is 0.486. The number of carbonyl (C=O) groups is 2. The molecule has 2 atom stereocenters. The van der Waals surface area contributed by atoms with Crippen molar-refractivity contribution in [3.8, 4) is 0 Å². The molecule has 2 N–H and O–H groups in total. The lowest BCUT2D eigenvalue weighted by atomic mass is 9.79. The van der Waals surface area contributed by atoms with Crippen LogP contribution in [0, 0.1) is 0 Å². The summed E-state index contributed by atoms with van der Waals surface area (Å²) in [6, 6.07) is 16.0. The maximum Gasteiger partial charge on any atom is 0.316 e. The van der Waals surface area contributed by atoms with Crippen molar-refractivity contribution in [3.05, 3.63) is 71.0 Å². The summed E-state index contributed by atoms with van der Waals surface area (Å²) in [5.41, 5.74) is 5.46. The van der Waals surface area contributed by atoms with Crippen molar-refractivity contribution in [1.29, 1.82) is 0 Å². The highest BCUT2D eigenvalue weighted by atomic mass is 16.5. The number of nitrogens with one attached hydrogen (secondary N) is 2. The third-order valence-corrected chi connectivity index (χ3v) is 6.27. The Bertz CT molecular complexity index is 1300. The Morgan fingerprint density at radius 2 is 1.32 bits per heavy atom. The molecular weight excluding hydrogens is 392 g/mol.